The van der Waals surface area contributed by atoms with Gasteiger partial charge in [0.2, 0.25) is 0 Å². The Morgan fingerprint density at radius 2 is 1.50 bits per heavy atom. The summed E-state index contributed by atoms with van der Waals surface area (Å²) in [5.74, 6) is 0. The Morgan fingerprint density at radius 1 is 1.00 bits per heavy atom. The van der Waals surface area contributed by atoms with Gasteiger partial charge in [0, 0.05) is 0 Å². The summed E-state index contributed by atoms with van der Waals surface area (Å²) in [6.07, 6.45) is 0. The van der Waals surface area contributed by atoms with Crippen LogP contribution in [-0.2, 0) is 21.1 Å². The quantitative estimate of drug-likeness (QED) is 0.634. The van der Waals surface area contributed by atoms with E-state index in [1.54, 1.807) is 0 Å². The van der Waals surface area contributed by atoms with Gasteiger partial charge < -0.3 is 0 Å². The normalized spacial score (nSPS) is 7.50. The van der Waals surface area contributed by atoms with Crippen molar-refractivity contribution in [1.29, 1.82) is 0 Å². The van der Waals surface area contributed by atoms with Crippen LogP contribution in [0.3, 0.4) is 0 Å². The molecule has 1 heteroatoms. The summed E-state index contributed by atoms with van der Waals surface area (Å²) < 4.78 is 0. The van der Waals surface area contributed by atoms with Crippen LogP contribution in [0.25, 0.3) is 0 Å². The molecule has 0 unspecified atom stereocenters. The molecule has 0 saturated heterocycles. The summed E-state index contributed by atoms with van der Waals surface area (Å²) in [5.41, 5.74) is 1.07. The maximum absolute atomic E-state index is 3.72. The number of hydrogen-bond acceptors (Lipinski definition) is 0. The molecular formula is C7H7W+. The molecule has 1 aromatic rings. The topological polar surface area (TPSA) is 0 Å². The Hall–Kier alpha value is -0.222. The molecule has 0 atom stereocenters. The molecule has 0 heterocycles. The number of hydrogen-bond donors (Lipinski definition) is 0. The first-order chi connectivity index (χ1) is 3.39. The van der Waals surface area contributed by atoms with Gasteiger partial charge in [0.25, 0.3) is 0 Å². The molecule has 0 aliphatic heterocycles. The molecule has 0 aromatic heterocycles. The van der Waals surface area contributed by atoms with Crippen LogP contribution in [0.4, 0.5) is 0 Å². The molecule has 0 N–H and O–H groups in total. The first kappa shape index (κ1) is 7.78. The Morgan fingerprint density at radius 3 is 1.75 bits per heavy atom. The van der Waals surface area contributed by atoms with Crippen LogP contribution in [-0.4, -0.2) is 0 Å². The third-order valence-corrected chi connectivity index (χ3v) is 0.843. The summed E-state index contributed by atoms with van der Waals surface area (Å²) in [4.78, 5) is 0. The monoisotopic (exact) mass is 275 g/mol. The second-order valence-electron chi connectivity index (χ2n) is 1.49. The molecule has 0 radical (unpaired) electrons. The van der Waals surface area contributed by atoms with E-state index < -0.39 is 0 Å². The summed E-state index contributed by atoms with van der Waals surface area (Å²) >= 11 is 0. The van der Waals surface area contributed by atoms with Crippen molar-refractivity contribution in [3.63, 3.8) is 0 Å². The van der Waals surface area contributed by atoms with Crippen LogP contribution in [0.15, 0.2) is 30.3 Å². The Labute approximate surface area is 64.2 Å². The first-order valence-electron chi connectivity index (χ1n) is 2.26. The zero-order chi connectivity index (χ0) is 5.11. The third kappa shape index (κ3) is 2.18. The number of benzene rings is 1. The van der Waals surface area contributed by atoms with E-state index in [4.69, 9.17) is 0 Å². The van der Waals surface area contributed by atoms with E-state index in [1.165, 1.54) is 0 Å². The standard InChI is InChI=1S/C7H7.W/c1-7-5-3-2-4-6-7;/h2-6H,1H2;/q-1;+2. The minimum Gasteiger partial charge on any atom is -0.199 e. The number of rotatable bonds is 0. The molecule has 0 saturated carbocycles. The summed E-state index contributed by atoms with van der Waals surface area (Å²) in [5, 5.41) is 0. The van der Waals surface area contributed by atoms with E-state index in [0.29, 0.717) is 0 Å². The molecule has 0 aliphatic rings. The van der Waals surface area contributed by atoms with Crippen LogP contribution in [0.5, 0.6) is 0 Å². The largest absolute Gasteiger partial charge is 2.00 e. The SMILES string of the molecule is [CH2-]c1ccccc1.[W+2]. The van der Waals surface area contributed by atoms with Crippen LogP contribution in [0, 0.1) is 6.92 Å². The van der Waals surface area contributed by atoms with Gasteiger partial charge in [-0.25, -0.2) is 0 Å². The van der Waals surface area contributed by atoms with Crippen molar-refractivity contribution in [3.05, 3.63) is 42.8 Å². The van der Waals surface area contributed by atoms with Crippen molar-refractivity contribution >= 4 is 0 Å². The molecule has 0 nitrogen and oxygen atoms in total. The van der Waals surface area contributed by atoms with Gasteiger partial charge in [0.15, 0.2) is 0 Å². The minimum absolute atomic E-state index is 0. The van der Waals surface area contributed by atoms with Gasteiger partial charge in [0.1, 0.15) is 0 Å². The Bertz CT molecular complexity index is 134. The van der Waals surface area contributed by atoms with E-state index in [1.807, 2.05) is 30.3 Å². The predicted molar refractivity (Wildman–Crippen MR) is 30.9 cm³/mol. The molecule has 8 heavy (non-hydrogen) atoms. The van der Waals surface area contributed by atoms with E-state index in [0.717, 1.165) is 5.56 Å². The zero-order valence-electron chi connectivity index (χ0n) is 4.50. The van der Waals surface area contributed by atoms with Gasteiger partial charge in [-0.2, -0.15) is 24.6 Å². The predicted octanol–water partition coefficient (Wildman–Crippen LogP) is 1.87. The molecule has 0 spiro atoms. The molecule has 1 aromatic carbocycles. The molecular weight excluding hydrogens is 268 g/mol. The fourth-order valence-electron chi connectivity index (χ4n) is 0.478. The molecule has 1 rings (SSSR count). The fourth-order valence-corrected chi connectivity index (χ4v) is 0.478. The molecule has 0 fully saturated rings. The fraction of sp³-hybridized carbons (Fsp3) is 0. The van der Waals surface area contributed by atoms with Gasteiger partial charge in [-0.1, -0.05) is 6.07 Å². The zero-order valence-corrected chi connectivity index (χ0v) is 7.44. The molecule has 0 aliphatic carbocycles. The van der Waals surface area contributed by atoms with E-state index in [-0.39, 0.29) is 21.1 Å². The maximum atomic E-state index is 3.72. The van der Waals surface area contributed by atoms with E-state index in [2.05, 4.69) is 6.92 Å². The first-order valence-corrected chi connectivity index (χ1v) is 2.26. The van der Waals surface area contributed by atoms with Gasteiger partial charge in [-0.15, -0.1) is 12.1 Å². The minimum atomic E-state index is 0. The van der Waals surface area contributed by atoms with E-state index >= 15 is 0 Å². The summed E-state index contributed by atoms with van der Waals surface area (Å²) in [6.45, 7) is 3.72. The van der Waals surface area contributed by atoms with Gasteiger partial charge in [-0.3, -0.25) is 0 Å². The molecule has 40 valence electrons. The Kier molecular flexibility index (Phi) is 3.64. The Balaban J connectivity index is 0.000000490. The van der Waals surface area contributed by atoms with Crippen molar-refractivity contribution in [2.75, 3.05) is 0 Å². The van der Waals surface area contributed by atoms with Crippen molar-refractivity contribution in [1.82, 2.24) is 0 Å². The van der Waals surface area contributed by atoms with Gasteiger partial charge >= 0.3 is 21.1 Å². The van der Waals surface area contributed by atoms with E-state index in [9.17, 15) is 0 Å². The third-order valence-electron chi connectivity index (χ3n) is 0.843. The molecule has 0 amide bonds. The van der Waals surface area contributed by atoms with Crippen LogP contribution < -0.4 is 0 Å². The van der Waals surface area contributed by atoms with Crippen LogP contribution in [0.1, 0.15) is 5.56 Å². The van der Waals surface area contributed by atoms with Crippen molar-refractivity contribution in [2.24, 2.45) is 0 Å². The second kappa shape index (κ2) is 3.74. The van der Waals surface area contributed by atoms with Crippen molar-refractivity contribution < 1.29 is 21.1 Å². The van der Waals surface area contributed by atoms with Gasteiger partial charge in [0.05, 0.1) is 0 Å². The average Bonchev–Trinajstić information content (AvgIpc) is 1.69. The average molecular weight is 275 g/mol. The second-order valence-corrected chi connectivity index (χ2v) is 1.49. The van der Waals surface area contributed by atoms with Crippen LogP contribution >= 0.6 is 0 Å². The maximum Gasteiger partial charge on any atom is 2.00 e. The van der Waals surface area contributed by atoms with Crippen LogP contribution in [0.2, 0.25) is 0 Å². The summed E-state index contributed by atoms with van der Waals surface area (Å²) in [6, 6.07) is 9.87. The summed E-state index contributed by atoms with van der Waals surface area (Å²) in [7, 11) is 0. The van der Waals surface area contributed by atoms with Crippen molar-refractivity contribution in [2.45, 2.75) is 0 Å². The van der Waals surface area contributed by atoms with Gasteiger partial charge in [-0.05, 0) is 0 Å². The molecule has 0 bridgehead atoms. The smallest absolute Gasteiger partial charge is 0.199 e. The van der Waals surface area contributed by atoms with Crippen molar-refractivity contribution in [3.8, 4) is 0 Å².